The van der Waals surface area contributed by atoms with Crippen molar-refractivity contribution in [1.29, 1.82) is 0 Å². The second kappa shape index (κ2) is 9.09. The molecule has 0 fully saturated rings. The van der Waals surface area contributed by atoms with E-state index in [-0.39, 0.29) is 24.9 Å². The molecule has 4 nitrogen and oxygen atoms in total. The van der Waals surface area contributed by atoms with Gasteiger partial charge in [-0.1, -0.05) is 13.3 Å². The Kier molecular flexibility index (Phi) is 9.00. The van der Waals surface area contributed by atoms with Gasteiger partial charge in [-0.25, -0.2) is 0 Å². The minimum atomic E-state index is -0.263. The van der Waals surface area contributed by atoms with Gasteiger partial charge in [0.2, 0.25) is 0 Å². The van der Waals surface area contributed by atoms with Crippen molar-refractivity contribution >= 4 is 0 Å². The Morgan fingerprint density at radius 2 is 1.80 bits per heavy atom. The van der Waals surface area contributed by atoms with Gasteiger partial charge in [0.05, 0.1) is 32.0 Å². The first-order chi connectivity index (χ1) is 7.11. The third-order valence-electron chi connectivity index (χ3n) is 2.15. The maximum absolute atomic E-state index is 9.09. The van der Waals surface area contributed by atoms with E-state index in [1.807, 2.05) is 13.8 Å². The molecule has 2 atom stereocenters. The van der Waals surface area contributed by atoms with E-state index in [0.29, 0.717) is 13.2 Å². The van der Waals surface area contributed by atoms with E-state index in [1.54, 1.807) is 0 Å². The van der Waals surface area contributed by atoms with Crippen molar-refractivity contribution in [3.05, 3.63) is 0 Å². The van der Waals surface area contributed by atoms with Crippen LogP contribution in [0.25, 0.3) is 0 Å². The first-order valence-corrected chi connectivity index (χ1v) is 5.71. The van der Waals surface area contributed by atoms with E-state index in [0.717, 1.165) is 12.8 Å². The van der Waals surface area contributed by atoms with Crippen LogP contribution in [-0.4, -0.2) is 43.2 Å². The van der Waals surface area contributed by atoms with Crippen LogP contribution in [0.4, 0.5) is 0 Å². The fraction of sp³-hybridized carbons (Fsp3) is 1.00. The standard InChI is InChI=1S/C11H25NO3/c1-4-5-10(12)11(8-13)15-7-6-14-9(2)3/h9-11,13H,4-8,12H2,1-3H3. The van der Waals surface area contributed by atoms with Crippen LogP contribution >= 0.6 is 0 Å². The van der Waals surface area contributed by atoms with Crippen molar-refractivity contribution in [2.24, 2.45) is 5.73 Å². The van der Waals surface area contributed by atoms with Crippen LogP contribution in [0.15, 0.2) is 0 Å². The Bertz CT molecular complexity index is 142. The van der Waals surface area contributed by atoms with Gasteiger partial charge in [-0.15, -0.1) is 0 Å². The smallest absolute Gasteiger partial charge is 0.0957 e. The summed E-state index contributed by atoms with van der Waals surface area (Å²) in [5.41, 5.74) is 5.86. The van der Waals surface area contributed by atoms with Crippen LogP contribution in [0, 0.1) is 0 Å². The second-order valence-electron chi connectivity index (χ2n) is 3.96. The molecular formula is C11H25NO3. The number of rotatable bonds is 9. The first kappa shape index (κ1) is 14.8. The quantitative estimate of drug-likeness (QED) is 0.566. The monoisotopic (exact) mass is 219 g/mol. The lowest BCUT2D eigenvalue weighted by molar-refractivity contribution is -0.0410. The zero-order chi connectivity index (χ0) is 11.7. The molecule has 15 heavy (non-hydrogen) atoms. The molecule has 0 saturated carbocycles. The van der Waals surface area contributed by atoms with Gasteiger partial charge in [0.15, 0.2) is 0 Å². The number of hydrogen-bond donors (Lipinski definition) is 2. The highest BCUT2D eigenvalue weighted by Crippen LogP contribution is 2.03. The fourth-order valence-electron chi connectivity index (χ4n) is 1.31. The molecular weight excluding hydrogens is 194 g/mol. The van der Waals surface area contributed by atoms with Crippen molar-refractivity contribution in [1.82, 2.24) is 0 Å². The Labute approximate surface area is 92.7 Å². The third-order valence-corrected chi connectivity index (χ3v) is 2.15. The predicted molar refractivity (Wildman–Crippen MR) is 60.8 cm³/mol. The lowest BCUT2D eigenvalue weighted by Crippen LogP contribution is -2.40. The maximum Gasteiger partial charge on any atom is 0.0957 e. The van der Waals surface area contributed by atoms with Gasteiger partial charge in [-0.2, -0.15) is 0 Å². The Morgan fingerprint density at radius 1 is 1.20 bits per heavy atom. The molecule has 92 valence electrons. The van der Waals surface area contributed by atoms with Gasteiger partial charge in [-0.05, 0) is 20.3 Å². The van der Waals surface area contributed by atoms with Crippen LogP contribution in [-0.2, 0) is 9.47 Å². The molecule has 0 saturated heterocycles. The molecule has 0 aromatic heterocycles. The summed E-state index contributed by atoms with van der Waals surface area (Å²) in [5.74, 6) is 0. The summed E-state index contributed by atoms with van der Waals surface area (Å²) in [6.07, 6.45) is 1.82. The van der Waals surface area contributed by atoms with Crippen molar-refractivity contribution in [2.45, 2.75) is 51.9 Å². The summed E-state index contributed by atoms with van der Waals surface area (Å²) in [7, 11) is 0. The molecule has 0 aromatic rings. The van der Waals surface area contributed by atoms with Crippen LogP contribution in [0.3, 0.4) is 0 Å². The van der Waals surface area contributed by atoms with E-state index in [4.69, 9.17) is 20.3 Å². The molecule has 0 spiro atoms. The zero-order valence-electron chi connectivity index (χ0n) is 10.1. The number of aliphatic hydroxyl groups is 1. The number of nitrogens with two attached hydrogens (primary N) is 1. The highest BCUT2D eigenvalue weighted by Gasteiger charge is 2.16. The van der Waals surface area contributed by atoms with E-state index in [1.165, 1.54) is 0 Å². The van der Waals surface area contributed by atoms with Gasteiger partial charge in [0.25, 0.3) is 0 Å². The molecule has 0 bridgehead atoms. The summed E-state index contributed by atoms with van der Waals surface area (Å²) in [6, 6.07) is -0.0842. The number of hydrogen-bond acceptors (Lipinski definition) is 4. The number of ether oxygens (including phenoxy) is 2. The van der Waals surface area contributed by atoms with Crippen molar-refractivity contribution < 1.29 is 14.6 Å². The molecule has 0 aliphatic carbocycles. The van der Waals surface area contributed by atoms with Crippen molar-refractivity contribution in [2.75, 3.05) is 19.8 Å². The van der Waals surface area contributed by atoms with Gasteiger partial charge in [-0.3, -0.25) is 0 Å². The van der Waals surface area contributed by atoms with Gasteiger partial charge < -0.3 is 20.3 Å². The lowest BCUT2D eigenvalue weighted by Gasteiger charge is -2.22. The lowest BCUT2D eigenvalue weighted by atomic mass is 10.1. The van der Waals surface area contributed by atoms with Gasteiger partial charge in [0, 0.05) is 6.04 Å². The Morgan fingerprint density at radius 3 is 2.27 bits per heavy atom. The minimum Gasteiger partial charge on any atom is -0.394 e. The molecule has 2 unspecified atom stereocenters. The van der Waals surface area contributed by atoms with Gasteiger partial charge in [0.1, 0.15) is 0 Å². The molecule has 0 amide bonds. The summed E-state index contributed by atoms with van der Waals surface area (Å²) < 4.78 is 10.8. The highest BCUT2D eigenvalue weighted by molar-refractivity contribution is 4.72. The SMILES string of the molecule is CCCC(N)C(CO)OCCOC(C)C. The largest absolute Gasteiger partial charge is 0.394 e. The Hall–Kier alpha value is -0.160. The number of aliphatic hydroxyl groups excluding tert-OH is 1. The summed E-state index contributed by atoms with van der Waals surface area (Å²) in [5, 5.41) is 9.09. The molecule has 0 aromatic carbocycles. The van der Waals surface area contributed by atoms with E-state index < -0.39 is 0 Å². The predicted octanol–water partition coefficient (Wildman–Crippen LogP) is 0.916. The summed E-state index contributed by atoms with van der Waals surface area (Å²) >= 11 is 0. The topological polar surface area (TPSA) is 64.7 Å². The maximum atomic E-state index is 9.09. The third kappa shape index (κ3) is 7.73. The van der Waals surface area contributed by atoms with E-state index >= 15 is 0 Å². The molecule has 0 heterocycles. The average Bonchev–Trinajstić information content (AvgIpc) is 2.17. The molecule has 0 radical (unpaired) electrons. The molecule has 0 aliphatic heterocycles. The zero-order valence-corrected chi connectivity index (χ0v) is 10.1. The van der Waals surface area contributed by atoms with Crippen LogP contribution in [0.5, 0.6) is 0 Å². The first-order valence-electron chi connectivity index (χ1n) is 5.71. The van der Waals surface area contributed by atoms with Gasteiger partial charge >= 0.3 is 0 Å². The molecule has 0 rings (SSSR count). The van der Waals surface area contributed by atoms with Crippen LogP contribution < -0.4 is 5.73 Å². The molecule has 4 heteroatoms. The molecule has 0 aliphatic rings. The summed E-state index contributed by atoms with van der Waals surface area (Å²) in [6.45, 7) is 7.03. The Balaban J connectivity index is 3.60. The summed E-state index contributed by atoms with van der Waals surface area (Å²) in [4.78, 5) is 0. The second-order valence-corrected chi connectivity index (χ2v) is 3.96. The fourth-order valence-corrected chi connectivity index (χ4v) is 1.31. The minimum absolute atomic E-state index is 0.0250. The van der Waals surface area contributed by atoms with E-state index in [2.05, 4.69) is 6.92 Å². The average molecular weight is 219 g/mol. The molecule has 3 N–H and O–H groups in total. The highest BCUT2D eigenvalue weighted by atomic mass is 16.5. The van der Waals surface area contributed by atoms with Crippen molar-refractivity contribution in [3.8, 4) is 0 Å². The van der Waals surface area contributed by atoms with Crippen molar-refractivity contribution in [3.63, 3.8) is 0 Å². The van der Waals surface area contributed by atoms with E-state index in [9.17, 15) is 0 Å². The normalized spacial score (nSPS) is 15.6. The van der Waals surface area contributed by atoms with Crippen LogP contribution in [0.1, 0.15) is 33.6 Å². The van der Waals surface area contributed by atoms with Crippen LogP contribution in [0.2, 0.25) is 0 Å².